The number of halogens is 2. The van der Waals surface area contributed by atoms with Crippen LogP contribution in [0.3, 0.4) is 0 Å². The normalized spacial score (nSPS) is 16.2. The predicted molar refractivity (Wildman–Crippen MR) is 93.6 cm³/mol. The molecule has 27 heavy (non-hydrogen) atoms. The summed E-state index contributed by atoms with van der Waals surface area (Å²) in [6.45, 7) is 1.22. The van der Waals surface area contributed by atoms with Gasteiger partial charge in [0.05, 0.1) is 16.5 Å². The molecule has 8 nitrogen and oxygen atoms in total. The van der Waals surface area contributed by atoms with Crippen molar-refractivity contribution in [2.24, 2.45) is 7.05 Å². The van der Waals surface area contributed by atoms with E-state index in [1.165, 1.54) is 10.6 Å². The molecule has 3 heterocycles. The van der Waals surface area contributed by atoms with E-state index in [0.717, 1.165) is 17.5 Å². The number of fused-ring (bicyclic) bond motifs is 1. The number of aryl methyl sites for hydroxylation is 1. The van der Waals surface area contributed by atoms with Crippen molar-refractivity contribution in [2.75, 3.05) is 31.1 Å². The molecule has 0 bridgehead atoms. The Balaban J connectivity index is 1.55. The molecule has 1 aromatic carbocycles. The number of aromatic nitrogens is 4. The fourth-order valence-corrected chi connectivity index (χ4v) is 4.56. The van der Waals surface area contributed by atoms with Crippen LogP contribution < -0.4 is 4.90 Å². The molecule has 0 amide bonds. The van der Waals surface area contributed by atoms with Crippen molar-refractivity contribution in [3.8, 4) is 0 Å². The number of nitrogens with zero attached hydrogens (tertiary/aromatic N) is 6. The smallest absolute Gasteiger partial charge is 0.243 e. The third-order valence-corrected chi connectivity index (χ3v) is 6.47. The van der Waals surface area contributed by atoms with E-state index in [-0.39, 0.29) is 18.0 Å². The van der Waals surface area contributed by atoms with E-state index in [0.29, 0.717) is 30.6 Å². The molecular formula is C16H16F2N6O2S. The standard InChI is InChI=1S/C16H16F2N6O2S/c1-22-15-12(9-21-22)16(20-10-19-15)23-4-6-24(7-5-23)27(25,26)11-2-3-13(17)14(18)8-11/h2-3,8-10H,4-7H2,1H3. The van der Waals surface area contributed by atoms with Crippen LogP contribution in [0.4, 0.5) is 14.6 Å². The van der Waals surface area contributed by atoms with Crippen molar-refractivity contribution in [1.82, 2.24) is 24.1 Å². The van der Waals surface area contributed by atoms with E-state index in [4.69, 9.17) is 0 Å². The van der Waals surface area contributed by atoms with Crippen molar-refractivity contribution in [2.45, 2.75) is 4.90 Å². The highest BCUT2D eigenvalue weighted by molar-refractivity contribution is 7.89. The summed E-state index contributed by atoms with van der Waals surface area (Å²) in [4.78, 5) is 10.2. The van der Waals surface area contributed by atoms with Crippen LogP contribution in [-0.2, 0) is 17.1 Å². The molecule has 0 radical (unpaired) electrons. The van der Waals surface area contributed by atoms with E-state index in [1.807, 2.05) is 4.90 Å². The molecule has 0 N–H and O–H groups in total. The zero-order valence-electron chi connectivity index (χ0n) is 14.4. The minimum atomic E-state index is -3.89. The predicted octanol–water partition coefficient (Wildman–Crippen LogP) is 1.15. The Morgan fingerprint density at radius 3 is 2.48 bits per heavy atom. The van der Waals surface area contributed by atoms with Crippen LogP contribution in [0.2, 0.25) is 0 Å². The van der Waals surface area contributed by atoms with Gasteiger partial charge in [0, 0.05) is 33.2 Å². The summed E-state index contributed by atoms with van der Waals surface area (Å²) >= 11 is 0. The Hall–Kier alpha value is -2.66. The summed E-state index contributed by atoms with van der Waals surface area (Å²) in [5.74, 6) is -1.57. The number of anilines is 1. The Morgan fingerprint density at radius 1 is 1.04 bits per heavy atom. The van der Waals surface area contributed by atoms with Gasteiger partial charge in [0.2, 0.25) is 10.0 Å². The number of sulfonamides is 1. The van der Waals surface area contributed by atoms with Gasteiger partial charge in [-0.2, -0.15) is 9.40 Å². The lowest BCUT2D eigenvalue weighted by molar-refractivity contribution is 0.383. The summed E-state index contributed by atoms with van der Waals surface area (Å²) in [6, 6.07) is 2.60. The van der Waals surface area contributed by atoms with E-state index >= 15 is 0 Å². The first-order valence-electron chi connectivity index (χ1n) is 8.21. The van der Waals surface area contributed by atoms with Crippen LogP contribution in [0.15, 0.2) is 35.6 Å². The maximum Gasteiger partial charge on any atom is 0.243 e. The molecule has 0 aliphatic carbocycles. The molecule has 0 atom stereocenters. The van der Waals surface area contributed by atoms with Crippen molar-refractivity contribution in [3.05, 3.63) is 42.4 Å². The van der Waals surface area contributed by atoms with Gasteiger partial charge in [0.1, 0.15) is 12.1 Å². The molecule has 142 valence electrons. The quantitative estimate of drug-likeness (QED) is 0.663. The molecule has 0 saturated carbocycles. The number of piperazine rings is 1. The van der Waals surface area contributed by atoms with Crippen LogP contribution in [0.5, 0.6) is 0 Å². The van der Waals surface area contributed by atoms with Crippen LogP contribution in [-0.4, -0.2) is 58.7 Å². The van der Waals surface area contributed by atoms with Crippen LogP contribution in [0, 0.1) is 11.6 Å². The lowest BCUT2D eigenvalue weighted by Crippen LogP contribution is -2.49. The zero-order chi connectivity index (χ0) is 19.2. The van der Waals surface area contributed by atoms with Crippen molar-refractivity contribution in [1.29, 1.82) is 0 Å². The second-order valence-electron chi connectivity index (χ2n) is 6.17. The fourth-order valence-electron chi connectivity index (χ4n) is 3.13. The van der Waals surface area contributed by atoms with Gasteiger partial charge in [-0.05, 0) is 18.2 Å². The van der Waals surface area contributed by atoms with Gasteiger partial charge in [-0.15, -0.1) is 0 Å². The molecule has 4 rings (SSSR count). The first kappa shape index (κ1) is 17.7. The molecule has 1 fully saturated rings. The van der Waals surface area contributed by atoms with Crippen LogP contribution >= 0.6 is 0 Å². The highest BCUT2D eigenvalue weighted by Gasteiger charge is 2.30. The SMILES string of the molecule is Cn1ncc2c(N3CCN(S(=O)(=O)c4ccc(F)c(F)c4)CC3)ncnc21. The molecule has 2 aromatic heterocycles. The zero-order valence-corrected chi connectivity index (χ0v) is 15.2. The summed E-state index contributed by atoms with van der Waals surface area (Å²) < 4.78 is 54.8. The topological polar surface area (TPSA) is 84.2 Å². The Morgan fingerprint density at radius 2 is 1.78 bits per heavy atom. The highest BCUT2D eigenvalue weighted by atomic mass is 32.2. The van der Waals surface area contributed by atoms with E-state index < -0.39 is 21.7 Å². The highest BCUT2D eigenvalue weighted by Crippen LogP contribution is 2.25. The Kier molecular flexibility index (Phi) is 4.27. The Bertz CT molecular complexity index is 1110. The summed E-state index contributed by atoms with van der Waals surface area (Å²) in [5.41, 5.74) is 0.692. The van der Waals surface area contributed by atoms with E-state index in [2.05, 4.69) is 15.1 Å². The second-order valence-corrected chi connectivity index (χ2v) is 8.11. The van der Waals surface area contributed by atoms with E-state index in [1.54, 1.807) is 17.9 Å². The van der Waals surface area contributed by atoms with Gasteiger partial charge in [-0.3, -0.25) is 4.68 Å². The molecule has 1 aliphatic heterocycles. The average molecular weight is 394 g/mol. The maximum atomic E-state index is 13.4. The number of rotatable bonds is 3. The minimum Gasteiger partial charge on any atom is -0.353 e. The van der Waals surface area contributed by atoms with Gasteiger partial charge in [-0.25, -0.2) is 27.2 Å². The minimum absolute atomic E-state index is 0.201. The van der Waals surface area contributed by atoms with Gasteiger partial charge >= 0.3 is 0 Å². The van der Waals surface area contributed by atoms with E-state index in [9.17, 15) is 17.2 Å². The molecular weight excluding hydrogens is 378 g/mol. The number of hydrogen-bond donors (Lipinski definition) is 0. The second kappa shape index (κ2) is 6.50. The first-order chi connectivity index (χ1) is 12.9. The molecule has 1 saturated heterocycles. The maximum absolute atomic E-state index is 13.4. The molecule has 3 aromatic rings. The van der Waals surface area contributed by atoms with Crippen molar-refractivity contribution >= 4 is 26.9 Å². The largest absolute Gasteiger partial charge is 0.353 e. The molecule has 1 aliphatic rings. The summed E-state index contributed by atoms with van der Waals surface area (Å²) in [6.07, 6.45) is 3.12. The third kappa shape index (κ3) is 3.02. The Labute approximate surface area is 154 Å². The third-order valence-electron chi connectivity index (χ3n) is 4.58. The molecule has 11 heteroatoms. The average Bonchev–Trinajstić information content (AvgIpc) is 3.05. The fraction of sp³-hybridized carbons (Fsp3) is 0.312. The molecule has 0 spiro atoms. The number of hydrogen-bond acceptors (Lipinski definition) is 6. The van der Waals surface area contributed by atoms with Gasteiger partial charge in [0.15, 0.2) is 17.3 Å². The lowest BCUT2D eigenvalue weighted by Gasteiger charge is -2.34. The first-order valence-corrected chi connectivity index (χ1v) is 9.65. The van der Waals surface area contributed by atoms with Crippen molar-refractivity contribution < 1.29 is 17.2 Å². The van der Waals surface area contributed by atoms with Crippen LogP contribution in [0.25, 0.3) is 11.0 Å². The van der Waals surface area contributed by atoms with Gasteiger partial charge in [-0.1, -0.05) is 0 Å². The van der Waals surface area contributed by atoms with Gasteiger partial charge < -0.3 is 4.90 Å². The van der Waals surface area contributed by atoms with Gasteiger partial charge in [0.25, 0.3) is 0 Å². The summed E-state index contributed by atoms with van der Waals surface area (Å²) in [7, 11) is -2.11. The monoisotopic (exact) mass is 394 g/mol. The molecule has 0 unspecified atom stereocenters. The summed E-state index contributed by atoms with van der Waals surface area (Å²) in [5, 5.41) is 4.96. The number of benzene rings is 1. The van der Waals surface area contributed by atoms with Crippen molar-refractivity contribution in [3.63, 3.8) is 0 Å². The lowest BCUT2D eigenvalue weighted by atomic mass is 10.3. The van der Waals surface area contributed by atoms with Crippen LogP contribution in [0.1, 0.15) is 0 Å².